The van der Waals surface area contributed by atoms with Crippen LogP contribution in [-0.2, 0) is 18.3 Å². The molecule has 1 unspecified atom stereocenters. The van der Waals surface area contributed by atoms with Crippen LogP contribution >= 0.6 is 8.25 Å². The topological polar surface area (TPSA) is 84.9 Å². The average Bonchev–Trinajstić information content (AvgIpc) is 2.67. The fourth-order valence-electron chi connectivity index (χ4n) is 3.33. The Morgan fingerprint density at radius 1 is 1.04 bits per heavy atom. The molecular formula is C20H28NO5PSi. The molecule has 6 nitrogen and oxygen atoms in total. The molecule has 2 rings (SSSR count). The smallest absolute Gasteiger partial charge is 0.317 e. The molecule has 0 fully saturated rings. The molecule has 2 N–H and O–H groups in total. The van der Waals surface area contributed by atoms with Crippen molar-refractivity contribution in [1.29, 1.82) is 0 Å². The van der Waals surface area contributed by atoms with Crippen LogP contribution in [-0.4, -0.2) is 38.9 Å². The lowest BCUT2D eigenvalue weighted by molar-refractivity contribution is -0.123. The van der Waals surface area contributed by atoms with Crippen LogP contribution in [0.3, 0.4) is 0 Å². The van der Waals surface area contributed by atoms with Crippen LogP contribution in [0.15, 0.2) is 60.7 Å². The summed E-state index contributed by atoms with van der Waals surface area (Å²) in [7, 11) is -5.73. The maximum atomic E-state index is 11.7. The predicted molar refractivity (Wildman–Crippen MR) is 114 cm³/mol. The Hall–Kier alpha value is -1.76. The second-order valence-electron chi connectivity index (χ2n) is 7.42. The largest absolute Gasteiger partial charge is 0.406 e. The van der Waals surface area contributed by atoms with Crippen LogP contribution in [0.25, 0.3) is 0 Å². The minimum atomic E-state index is -3.11. The monoisotopic (exact) mass is 421 g/mol. The van der Waals surface area contributed by atoms with Crippen LogP contribution in [0, 0.1) is 0 Å². The number of nitrogens with one attached hydrogen (secondary N) is 1. The molecule has 0 aliphatic carbocycles. The highest BCUT2D eigenvalue weighted by Gasteiger charge is 2.49. The van der Waals surface area contributed by atoms with E-state index in [2.05, 4.69) is 54.9 Å². The highest BCUT2D eigenvalue weighted by atomic mass is 31.1. The Bertz CT molecular complexity index is 741. The number of rotatable bonds is 9. The van der Waals surface area contributed by atoms with E-state index in [0.29, 0.717) is 13.2 Å². The first kappa shape index (κ1) is 22.5. The summed E-state index contributed by atoms with van der Waals surface area (Å²) in [4.78, 5) is 20.3. The molecule has 0 saturated heterocycles. The van der Waals surface area contributed by atoms with Gasteiger partial charge in [0.05, 0.1) is 6.61 Å². The molecule has 152 valence electrons. The minimum absolute atomic E-state index is 0.139. The van der Waals surface area contributed by atoms with Gasteiger partial charge < -0.3 is 19.2 Å². The number of carbonyl (C=O) groups is 1. The molecular weight excluding hydrogens is 393 g/mol. The third-order valence-corrected chi connectivity index (χ3v) is 9.92. The van der Waals surface area contributed by atoms with Gasteiger partial charge in [0, 0.05) is 6.54 Å². The Kier molecular flexibility index (Phi) is 8.16. The lowest BCUT2D eigenvalue weighted by atomic mass is 10.2. The zero-order valence-corrected chi connectivity index (χ0v) is 18.5. The Labute approximate surface area is 168 Å². The fourth-order valence-corrected chi connectivity index (χ4v) is 8.15. The van der Waals surface area contributed by atoms with Crippen molar-refractivity contribution in [3.05, 3.63) is 60.7 Å². The average molecular weight is 422 g/mol. The van der Waals surface area contributed by atoms with Gasteiger partial charge in [-0.3, -0.25) is 9.36 Å². The van der Waals surface area contributed by atoms with E-state index in [0.717, 1.165) is 0 Å². The quantitative estimate of drug-likeness (QED) is 0.368. The molecule has 8 heteroatoms. The van der Waals surface area contributed by atoms with E-state index in [1.165, 1.54) is 10.4 Å². The van der Waals surface area contributed by atoms with Gasteiger partial charge in [0.2, 0.25) is 5.91 Å². The second kappa shape index (κ2) is 10.1. The summed E-state index contributed by atoms with van der Waals surface area (Å²) in [5, 5.41) is 4.86. The lowest BCUT2D eigenvalue weighted by Crippen LogP contribution is -2.67. The van der Waals surface area contributed by atoms with E-state index in [1.807, 2.05) is 36.4 Å². The van der Waals surface area contributed by atoms with Crippen LogP contribution in [0.1, 0.15) is 20.8 Å². The van der Waals surface area contributed by atoms with Crippen molar-refractivity contribution in [3.63, 3.8) is 0 Å². The highest BCUT2D eigenvalue weighted by molar-refractivity contribution is 7.32. The predicted octanol–water partition coefficient (Wildman–Crippen LogP) is 2.08. The van der Waals surface area contributed by atoms with Gasteiger partial charge >= 0.3 is 8.25 Å². The zero-order valence-electron chi connectivity index (χ0n) is 16.5. The van der Waals surface area contributed by atoms with E-state index in [-0.39, 0.29) is 5.04 Å². The zero-order chi connectivity index (χ0) is 20.6. The maximum Gasteiger partial charge on any atom is 0.317 e. The molecule has 1 amide bonds. The number of hydrogen-bond donors (Lipinski definition) is 2. The number of carbonyl (C=O) groups excluding carboxylic acids is 1. The molecule has 1 atom stereocenters. The van der Waals surface area contributed by atoms with E-state index >= 15 is 0 Å². The van der Waals surface area contributed by atoms with Gasteiger partial charge in [-0.1, -0.05) is 81.4 Å². The summed E-state index contributed by atoms with van der Waals surface area (Å²) in [5.74, 6) is -0.446. The SMILES string of the molecule is CC(C)(C)[Si](OCCNC(=O)CO[PH](=O)O)(c1ccccc1)c1ccccc1. The maximum absolute atomic E-state index is 11.7. The van der Waals surface area contributed by atoms with Gasteiger partial charge in [0.1, 0.15) is 6.61 Å². The first-order valence-corrected chi connectivity index (χ1v) is 12.3. The van der Waals surface area contributed by atoms with Gasteiger partial charge in [-0.25, -0.2) is 0 Å². The molecule has 2 aromatic carbocycles. The second-order valence-corrected chi connectivity index (χ2v) is 12.5. The summed E-state index contributed by atoms with van der Waals surface area (Å²) in [6, 6.07) is 20.5. The summed E-state index contributed by atoms with van der Waals surface area (Å²) >= 11 is 0. The van der Waals surface area contributed by atoms with E-state index in [4.69, 9.17) is 9.32 Å². The summed E-state index contributed by atoms with van der Waals surface area (Å²) in [6.07, 6.45) is 0. The summed E-state index contributed by atoms with van der Waals surface area (Å²) in [6.45, 7) is 6.74. The molecule has 0 bridgehead atoms. The summed E-state index contributed by atoms with van der Waals surface area (Å²) in [5.41, 5.74) is 0. The molecule has 0 saturated carbocycles. The molecule has 0 radical (unpaired) electrons. The van der Waals surface area contributed by atoms with Crippen molar-refractivity contribution in [1.82, 2.24) is 5.32 Å². The molecule has 28 heavy (non-hydrogen) atoms. The molecule has 0 aliphatic rings. The fraction of sp³-hybridized carbons (Fsp3) is 0.350. The van der Waals surface area contributed by atoms with Gasteiger partial charge in [-0.15, -0.1) is 0 Å². The standard InChI is InChI=1S/C20H28NO5PSi/c1-20(2,3)28(17-10-6-4-7-11-17,18-12-8-5-9-13-18)26-15-14-21-19(22)16-25-27(23)24/h4-13,27H,14-16H2,1-3H3,(H,21,22)(H,23,24). The third kappa shape index (κ3) is 5.62. The first-order valence-electron chi connectivity index (χ1n) is 9.15. The highest BCUT2D eigenvalue weighted by Crippen LogP contribution is 2.36. The van der Waals surface area contributed by atoms with Gasteiger partial charge in [0.25, 0.3) is 8.32 Å². The molecule has 0 aromatic heterocycles. The Morgan fingerprint density at radius 3 is 1.96 bits per heavy atom. The number of amides is 1. The molecule has 2 aromatic rings. The van der Waals surface area contributed by atoms with Crippen molar-refractivity contribution < 1.29 is 23.2 Å². The van der Waals surface area contributed by atoms with Gasteiger partial charge in [-0.05, 0) is 15.4 Å². The number of hydrogen-bond acceptors (Lipinski definition) is 4. The van der Waals surface area contributed by atoms with Crippen molar-refractivity contribution in [2.45, 2.75) is 25.8 Å². The Balaban J connectivity index is 2.22. The van der Waals surface area contributed by atoms with Crippen LogP contribution in [0.5, 0.6) is 0 Å². The molecule has 0 aliphatic heterocycles. The van der Waals surface area contributed by atoms with Gasteiger partial charge in [0.15, 0.2) is 0 Å². The van der Waals surface area contributed by atoms with Gasteiger partial charge in [-0.2, -0.15) is 0 Å². The van der Waals surface area contributed by atoms with Crippen molar-refractivity contribution >= 4 is 32.9 Å². The summed E-state index contributed by atoms with van der Waals surface area (Å²) < 4.78 is 21.6. The molecule has 0 spiro atoms. The first-order chi connectivity index (χ1) is 13.3. The van der Waals surface area contributed by atoms with Crippen molar-refractivity contribution in [3.8, 4) is 0 Å². The molecule has 0 heterocycles. The Morgan fingerprint density at radius 2 is 1.54 bits per heavy atom. The van der Waals surface area contributed by atoms with E-state index < -0.39 is 29.1 Å². The number of benzene rings is 2. The lowest BCUT2D eigenvalue weighted by Gasteiger charge is -2.43. The van der Waals surface area contributed by atoms with Crippen LogP contribution in [0.4, 0.5) is 0 Å². The third-order valence-electron chi connectivity index (χ3n) is 4.49. The van der Waals surface area contributed by atoms with Crippen LogP contribution < -0.4 is 15.7 Å². The van der Waals surface area contributed by atoms with E-state index in [1.54, 1.807) is 0 Å². The minimum Gasteiger partial charge on any atom is -0.406 e. The van der Waals surface area contributed by atoms with Crippen molar-refractivity contribution in [2.75, 3.05) is 19.8 Å². The van der Waals surface area contributed by atoms with Crippen LogP contribution in [0.2, 0.25) is 5.04 Å². The van der Waals surface area contributed by atoms with Crippen molar-refractivity contribution in [2.24, 2.45) is 0 Å². The van der Waals surface area contributed by atoms with E-state index in [9.17, 15) is 9.36 Å². The normalized spacial score (nSPS) is 13.1.